The van der Waals surface area contributed by atoms with Crippen molar-refractivity contribution in [1.29, 1.82) is 0 Å². The Kier molecular flexibility index (Phi) is 8.02. The quantitative estimate of drug-likeness (QED) is 0.862. The Labute approximate surface area is 147 Å². The van der Waals surface area contributed by atoms with Gasteiger partial charge in [0.05, 0.1) is 5.69 Å². The maximum Gasteiger partial charge on any atom is 0.224 e. The molecule has 23 heavy (non-hydrogen) atoms. The second-order valence-corrected chi connectivity index (χ2v) is 5.21. The van der Waals surface area contributed by atoms with Crippen LogP contribution in [0.3, 0.4) is 0 Å². The number of hydrogen-bond acceptors (Lipinski definition) is 4. The fourth-order valence-electron chi connectivity index (χ4n) is 2.59. The topological polar surface area (TPSA) is 71.8 Å². The highest BCUT2D eigenvalue weighted by Gasteiger charge is 2.16. The van der Waals surface area contributed by atoms with E-state index in [1.807, 2.05) is 12.1 Å². The van der Waals surface area contributed by atoms with Crippen LogP contribution in [0, 0.1) is 0 Å². The first-order chi connectivity index (χ1) is 10.3. The molecule has 0 spiro atoms. The van der Waals surface area contributed by atoms with Crippen LogP contribution in [-0.4, -0.2) is 33.3 Å². The van der Waals surface area contributed by atoms with Gasteiger partial charge in [-0.3, -0.25) is 4.79 Å². The van der Waals surface area contributed by atoms with Crippen molar-refractivity contribution in [2.24, 2.45) is 0 Å². The van der Waals surface area contributed by atoms with Gasteiger partial charge in [-0.25, -0.2) is 9.67 Å². The Hall–Kier alpha value is -1.63. The van der Waals surface area contributed by atoms with Crippen molar-refractivity contribution in [3.8, 4) is 5.82 Å². The van der Waals surface area contributed by atoms with E-state index < -0.39 is 0 Å². The Morgan fingerprint density at radius 2 is 2.22 bits per heavy atom. The predicted molar refractivity (Wildman–Crippen MR) is 94.7 cm³/mol. The van der Waals surface area contributed by atoms with Gasteiger partial charge in [0.2, 0.25) is 5.91 Å². The Morgan fingerprint density at radius 3 is 2.91 bits per heavy atom. The zero-order valence-corrected chi connectivity index (χ0v) is 14.3. The third-order valence-electron chi connectivity index (χ3n) is 3.66. The van der Waals surface area contributed by atoms with E-state index in [0.717, 1.165) is 13.0 Å². The zero-order valence-electron chi connectivity index (χ0n) is 12.6. The molecule has 0 aliphatic carbocycles. The fourth-order valence-corrected chi connectivity index (χ4v) is 2.59. The van der Waals surface area contributed by atoms with Gasteiger partial charge in [-0.15, -0.1) is 24.8 Å². The lowest BCUT2D eigenvalue weighted by Crippen LogP contribution is -2.23. The zero-order chi connectivity index (χ0) is 14.5. The van der Waals surface area contributed by atoms with Crippen molar-refractivity contribution >= 4 is 36.4 Å². The number of hydrogen-bond donors (Lipinski definition) is 2. The summed E-state index contributed by atoms with van der Waals surface area (Å²) in [5.41, 5.74) is 0.686. The lowest BCUT2D eigenvalue weighted by molar-refractivity contribution is -0.116. The average Bonchev–Trinajstić information content (AvgIpc) is 3.19. The van der Waals surface area contributed by atoms with E-state index in [2.05, 4.69) is 20.7 Å². The number of amides is 1. The summed E-state index contributed by atoms with van der Waals surface area (Å²) in [4.78, 5) is 16.4. The molecular formula is C15H21Cl2N5O. The first kappa shape index (κ1) is 19.4. The van der Waals surface area contributed by atoms with Gasteiger partial charge in [-0.1, -0.05) is 0 Å². The number of rotatable bonds is 5. The second kappa shape index (κ2) is 9.50. The molecule has 1 saturated heterocycles. The molecule has 1 aliphatic rings. The lowest BCUT2D eigenvalue weighted by atomic mass is 10.1. The SMILES string of the molecule is Cl.Cl.O=C(CCC1CCCN1)Nc1cccnc1-n1cccn1. The van der Waals surface area contributed by atoms with E-state index in [9.17, 15) is 4.79 Å². The Morgan fingerprint density at radius 1 is 1.35 bits per heavy atom. The Balaban J connectivity index is 0.00000132. The number of carbonyl (C=O) groups is 1. The number of nitrogens with one attached hydrogen (secondary N) is 2. The molecule has 8 heteroatoms. The van der Waals surface area contributed by atoms with Crippen molar-refractivity contribution in [1.82, 2.24) is 20.1 Å². The normalized spacial score (nSPS) is 16.3. The molecule has 0 saturated carbocycles. The maximum absolute atomic E-state index is 12.1. The largest absolute Gasteiger partial charge is 0.323 e. The minimum Gasteiger partial charge on any atom is -0.323 e. The van der Waals surface area contributed by atoms with Crippen molar-refractivity contribution in [3.63, 3.8) is 0 Å². The van der Waals surface area contributed by atoms with Crippen molar-refractivity contribution < 1.29 is 4.79 Å². The van der Waals surface area contributed by atoms with Gasteiger partial charge in [0.25, 0.3) is 0 Å². The monoisotopic (exact) mass is 357 g/mol. The van der Waals surface area contributed by atoms with Crippen LogP contribution in [0.1, 0.15) is 25.7 Å². The number of carbonyl (C=O) groups excluding carboxylic acids is 1. The first-order valence-electron chi connectivity index (χ1n) is 7.31. The first-order valence-corrected chi connectivity index (χ1v) is 7.31. The summed E-state index contributed by atoms with van der Waals surface area (Å²) in [6.07, 6.45) is 8.95. The smallest absolute Gasteiger partial charge is 0.224 e. The van der Waals surface area contributed by atoms with E-state index in [1.165, 1.54) is 12.8 Å². The molecule has 3 rings (SSSR count). The number of halogens is 2. The molecule has 2 aromatic rings. The molecule has 0 radical (unpaired) electrons. The molecule has 1 amide bonds. The molecule has 126 valence electrons. The van der Waals surface area contributed by atoms with Gasteiger partial charge < -0.3 is 10.6 Å². The molecule has 3 heterocycles. The molecule has 6 nitrogen and oxygen atoms in total. The molecule has 0 aromatic carbocycles. The highest BCUT2D eigenvalue weighted by molar-refractivity contribution is 5.92. The Bertz CT molecular complexity index is 600. The molecule has 1 unspecified atom stereocenters. The van der Waals surface area contributed by atoms with Crippen molar-refractivity contribution in [2.75, 3.05) is 11.9 Å². The lowest BCUT2D eigenvalue weighted by Gasteiger charge is -2.12. The van der Waals surface area contributed by atoms with Crippen LogP contribution in [0.15, 0.2) is 36.8 Å². The minimum absolute atomic E-state index is 0. The van der Waals surface area contributed by atoms with Crippen LogP contribution in [0.25, 0.3) is 5.82 Å². The molecule has 0 bridgehead atoms. The van der Waals surface area contributed by atoms with Crippen LogP contribution in [0.4, 0.5) is 5.69 Å². The van der Waals surface area contributed by atoms with Gasteiger partial charge in [0.15, 0.2) is 5.82 Å². The number of pyridine rings is 1. The van der Waals surface area contributed by atoms with Gasteiger partial charge in [-0.2, -0.15) is 5.10 Å². The molecule has 2 aromatic heterocycles. The maximum atomic E-state index is 12.1. The molecule has 1 atom stereocenters. The summed E-state index contributed by atoms with van der Waals surface area (Å²) in [7, 11) is 0. The van der Waals surface area contributed by atoms with Crippen LogP contribution >= 0.6 is 24.8 Å². The average molecular weight is 358 g/mol. The van der Waals surface area contributed by atoms with Crippen LogP contribution in [0.5, 0.6) is 0 Å². The van der Waals surface area contributed by atoms with Gasteiger partial charge >= 0.3 is 0 Å². The summed E-state index contributed by atoms with van der Waals surface area (Å²) < 4.78 is 1.65. The van der Waals surface area contributed by atoms with E-state index in [0.29, 0.717) is 24.0 Å². The standard InChI is InChI=1S/C15H19N5O.2ClH/c21-14(7-6-12-4-1-8-16-12)19-13-5-2-9-17-15(13)20-11-3-10-18-20;;/h2-3,5,9-12,16H,1,4,6-8H2,(H,19,21);2*1H. The van der Waals surface area contributed by atoms with Crippen molar-refractivity contribution in [3.05, 3.63) is 36.8 Å². The van der Waals surface area contributed by atoms with E-state index in [1.54, 1.807) is 29.3 Å². The molecule has 1 aliphatic heterocycles. The van der Waals surface area contributed by atoms with Gasteiger partial charge in [0.1, 0.15) is 0 Å². The van der Waals surface area contributed by atoms with E-state index in [4.69, 9.17) is 0 Å². The number of nitrogens with zero attached hydrogens (tertiary/aromatic N) is 3. The van der Waals surface area contributed by atoms with Gasteiger partial charge in [-0.05, 0) is 44.0 Å². The van der Waals surface area contributed by atoms with Crippen molar-refractivity contribution in [2.45, 2.75) is 31.7 Å². The van der Waals surface area contributed by atoms with Crippen LogP contribution < -0.4 is 10.6 Å². The number of anilines is 1. The summed E-state index contributed by atoms with van der Waals surface area (Å²) in [6.45, 7) is 1.07. The second-order valence-electron chi connectivity index (χ2n) is 5.21. The highest BCUT2D eigenvalue weighted by atomic mass is 35.5. The number of aromatic nitrogens is 3. The molecular weight excluding hydrogens is 337 g/mol. The summed E-state index contributed by atoms with van der Waals surface area (Å²) in [6, 6.07) is 5.96. The van der Waals surface area contributed by atoms with Crippen LogP contribution in [-0.2, 0) is 4.79 Å². The minimum atomic E-state index is 0. The summed E-state index contributed by atoms with van der Waals surface area (Å²) in [5, 5.41) is 10.5. The fraction of sp³-hybridized carbons (Fsp3) is 0.400. The highest BCUT2D eigenvalue weighted by Crippen LogP contribution is 2.17. The van der Waals surface area contributed by atoms with Crippen LogP contribution in [0.2, 0.25) is 0 Å². The molecule has 1 fully saturated rings. The third kappa shape index (κ3) is 5.20. The van der Waals surface area contributed by atoms with E-state index in [-0.39, 0.29) is 30.7 Å². The predicted octanol–water partition coefficient (Wildman–Crippen LogP) is 2.58. The molecule has 2 N–H and O–H groups in total. The third-order valence-corrected chi connectivity index (χ3v) is 3.66. The van der Waals surface area contributed by atoms with E-state index >= 15 is 0 Å². The summed E-state index contributed by atoms with van der Waals surface area (Å²) >= 11 is 0. The summed E-state index contributed by atoms with van der Waals surface area (Å²) in [5.74, 6) is 0.653. The van der Waals surface area contributed by atoms with Gasteiger partial charge in [0, 0.05) is 31.1 Å².